The minimum absolute atomic E-state index is 0.0395. The van der Waals surface area contributed by atoms with Crippen LogP contribution in [-0.4, -0.2) is 32.1 Å². The van der Waals surface area contributed by atoms with E-state index in [9.17, 15) is 9.59 Å². The van der Waals surface area contributed by atoms with Crippen molar-refractivity contribution in [2.75, 3.05) is 30.5 Å². The number of carbonyl (C=O) groups is 2. The number of nitrogens with zero attached hydrogens (tertiary/aromatic N) is 1. The van der Waals surface area contributed by atoms with Crippen LogP contribution in [0.15, 0.2) is 42.5 Å². The zero-order valence-electron chi connectivity index (χ0n) is 15.2. The number of hydrogen-bond acceptors (Lipinski definition) is 3. The molecule has 2 aromatic rings. The quantitative estimate of drug-likeness (QED) is 0.869. The largest absolute Gasteiger partial charge is 0.383 e. The van der Waals surface area contributed by atoms with Crippen molar-refractivity contribution >= 4 is 23.2 Å². The molecule has 136 valence electrons. The number of hydrogen-bond donors (Lipinski definition) is 1. The highest BCUT2D eigenvalue weighted by molar-refractivity contribution is 5.98. The molecule has 26 heavy (non-hydrogen) atoms. The number of anilines is 2. The van der Waals surface area contributed by atoms with Gasteiger partial charge in [-0.05, 0) is 48.2 Å². The molecule has 0 saturated heterocycles. The Hall–Kier alpha value is -2.66. The van der Waals surface area contributed by atoms with Crippen molar-refractivity contribution in [3.05, 3.63) is 59.2 Å². The number of amides is 2. The first-order valence-corrected chi connectivity index (χ1v) is 8.85. The fourth-order valence-electron chi connectivity index (χ4n) is 3.25. The zero-order chi connectivity index (χ0) is 18.5. The Morgan fingerprint density at radius 1 is 1.19 bits per heavy atom. The molecule has 2 amide bonds. The fraction of sp³-hybridized carbons (Fsp3) is 0.333. The summed E-state index contributed by atoms with van der Waals surface area (Å²) in [6.45, 7) is 3.05. The van der Waals surface area contributed by atoms with Gasteiger partial charge in [-0.1, -0.05) is 24.3 Å². The van der Waals surface area contributed by atoms with Crippen molar-refractivity contribution < 1.29 is 14.3 Å². The maximum Gasteiger partial charge on any atom is 0.228 e. The summed E-state index contributed by atoms with van der Waals surface area (Å²) in [6.07, 6.45) is 1.53. The maximum absolute atomic E-state index is 12.4. The standard InChI is InChI=1S/C21H24N2O3/c1-15-5-3-4-6-16(15)14-20(24)22-18-8-9-19-17(13-18)7-10-21(25)23(19)11-12-26-2/h3-6,8-9,13H,7,10-12,14H2,1-2H3,(H,22,24). The molecule has 0 fully saturated rings. The maximum atomic E-state index is 12.4. The number of rotatable bonds is 6. The van der Waals surface area contributed by atoms with Gasteiger partial charge in [-0.3, -0.25) is 9.59 Å². The van der Waals surface area contributed by atoms with E-state index < -0.39 is 0 Å². The molecule has 0 aromatic heterocycles. The molecule has 0 radical (unpaired) electrons. The van der Waals surface area contributed by atoms with Crippen LogP contribution in [0.3, 0.4) is 0 Å². The Morgan fingerprint density at radius 3 is 2.77 bits per heavy atom. The van der Waals surface area contributed by atoms with Gasteiger partial charge in [0.2, 0.25) is 11.8 Å². The number of fused-ring (bicyclic) bond motifs is 1. The van der Waals surface area contributed by atoms with Crippen molar-refractivity contribution in [2.24, 2.45) is 0 Å². The Morgan fingerprint density at radius 2 is 2.00 bits per heavy atom. The van der Waals surface area contributed by atoms with Crippen molar-refractivity contribution in [3.8, 4) is 0 Å². The van der Waals surface area contributed by atoms with E-state index in [0.29, 0.717) is 32.4 Å². The number of benzene rings is 2. The van der Waals surface area contributed by atoms with E-state index >= 15 is 0 Å². The van der Waals surface area contributed by atoms with E-state index in [-0.39, 0.29) is 11.8 Å². The lowest BCUT2D eigenvalue weighted by Gasteiger charge is -2.29. The summed E-state index contributed by atoms with van der Waals surface area (Å²) in [7, 11) is 1.63. The topological polar surface area (TPSA) is 58.6 Å². The summed E-state index contributed by atoms with van der Waals surface area (Å²) < 4.78 is 5.10. The molecule has 3 rings (SSSR count). The first kappa shape index (κ1) is 18.1. The first-order chi connectivity index (χ1) is 12.6. The molecule has 1 heterocycles. The molecule has 0 atom stereocenters. The van der Waals surface area contributed by atoms with Gasteiger partial charge in [0, 0.05) is 31.5 Å². The molecule has 0 spiro atoms. The smallest absolute Gasteiger partial charge is 0.228 e. The van der Waals surface area contributed by atoms with Crippen molar-refractivity contribution in [1.82, 2.24) is 0 Å². The molecule has 2 aromatic carbocycles. The molecular weight excluding hydrogens is 328 g/mol. The lowest BCUT2D eigenvalue weighted by atomic mass is 10.00. The van der Waals surface area contributed by atoms with Gasteiger partial charge < -0.3 is 15.0 Å². The third kappa shape index (κ3) is 4.11. The summed E-state index contributed by atoms with van der Waals surface area (Å²) in [6, 6.07) is 13.6. The second-order valence-corrected chi connectivity index (χ2v) is 6.53. The van der Waals surface area contributed by atoms with Crippen LogP contribution in [0.1, 0.15) is 23.1 Å². The van der Waals surface area contributed by atoms with Crippen LogP contribution in [-0.2, 0) is 27.2 Å². The van der Waals surface area contributed by atoms with E-state index in [0.717, 1.165) is 28.1 Å². The van der Waals surface area contributed by atoms with Crippen LogP contribution in [0.2, 0.25) is 0 Å². The molecule has 1 aliphatic heterocycles. The van der Waals surface area contributed by atoms with Gasteiger partial charge in [0.05, 0.1) is 13.0 Å². The highest BCUT2D eigenvalue weighted by atomic mass is 16.5. The number of carbonyl (C=O) groups excluding carboxylic acids is 2. The van der Waals surface area contributed by atoms with Crippen molar-refractivity contribution in [1.29, 1.82) is 0 Å². The van der Waals surface area contributed by atoms with Crippen molar-refractivity contribution in [2.45, 2.75) is 26.2 Å². The Bertz CT molecular complexity index is 817. The second kappa shape index (κ2) is 8.15. The number of nitrogens with one attached hydrogen (secondary N) is 1. The highest BCUT2D eigenvalue weighted by Crippen LogP contribution is 2.30. The van der Waals surface area contributed by atoms with Gasteiger partial charge in [-0.15, -0.1) is 0 Å². The van der Waals surface area contributed by atoms with Crippen LogP contribution in [0.4, 0.5) is 11.4 Å². The molecule has 1 N–H and O–H groups in total. The minimum atomic E-state index is -0.0395. The van der Waals surface area contributed by atoms with E-state index in [4.69, 9.17) is 4.74 Å². The van der Waals surface area contributed by atoms with Crippen LogP contribution >= 0.6 is 0 Å². The summed E-state index contributed by atoms with van der Waals surface area (Å²) in [5.74, 6) is 0.0771. The second-order valence-electron chi connectivity index (χ2n) is 6.53. The zero-order valence-corrected chi connectivity index (χ0v) is 15.2. The predicted octanol–water partition coefficient (Wildman–Crippen LogP) is 3.10. The number of ether oxygens (including phenoxy) is 1. The normalized spacial score (nSPS) is 13.5. The van der Waals surface area contributed by atoms with Gasteiger partial charge in [0.25, 0.3) is 0 Å². The lowest BCUT2D eigenvalue weighted by molar-refractivity contribution is -0.119. The lowest BCUT2D eigenvalue weighted by Crippen LogP contribution is -2.37. The average Bonchev–Trinajstić information content (AvgIpc) is 2.63. The van der Waals surface area contributed by atoms with Gasteiger partial charge in [-0.2, -0.15) is 0 Å². The first-order valence-electron chi connectivity index (χ1n) is 8.85. The fourth-order valence-corrected chi connectivity index (χ4v) is 3.25. The van der Waals surface area contributed by atoms with E-state index in [1.807, 2.05) is 49.4 Å². The molecule has 0 bridgehead atoms. The van der Waals surface area contributed by atoms with Gasteiger partial charge in [0.1, 0.15) is 0 Å². The third-order valence-corrected chi connectivity index (χ3v) is 4.69. The molecule has 0 saturated carbocycles. The Balaban J connectivity index is 1.71. The minimum Gasteiger partial charge on any atom is -0.383 e. The van der Waals surface area contributed by atoms with E-state index in [1.54, 1.807) is 12.0 Å². The van der Waals surface area contributed by atoms with Crippen LogP contribution in [0.5, 0.6) is 0 Å². The number of aryl methyl sites for hydroxylation is 2. The molecule has 0 unspecified atom stereocenters. The van der Waals surface area contributed by atoms with Gasteiger partial charge in [-0.25, -0.2) is 0 Å². The molecule has 5 heteroatoms. The Labute approximate surface area is 154 Å². The Kier molecular flexibility index (Phi) is 5.68. The highest BCUT2D eigenvalue weighted by Gasteiger charge is 2.24. The molecular formula is C21H24N2O3. The summed E-state index contributed by atoms with van der Waals surface area (Å²) in [5, 5.41) is 2.97. The summed E-state index contributed by atoms with van der Waals surface area (Å²) in [5.41, 5.74) is 4.90. The van der Waals surface area contributed by atoms with E-state index in [2.05, 4.69) is 5.32 Å². The third-order valence-electron chi connectivity index (χ3n) is 4.69. The van der Waals surface area contributed by atoms with Gasteiger partial charge in [0.15, 0.2) is 0 Å². The summed E-state index contributed by atoms with van der Waals surface area (Å²) in [4.78, 5) is 26.3. The monoisotopic (exact) mass is 352 g/mol. The van der Waals surface area contributed by atoms with E-state index in [1.165, 1.54) is 0 Å². The van der Waals surface area contributed by atoms with Crippen LogP contribution < -0.4 is 10.2 Å². The van der Waals surface area contributed by atoms with Crippen LogP contribution in [0.25, 0.3) is 0 Å². The SMILES string of the molecule is COCCN1C(=O)CCc2cc(NC(=O)Cc3ccccc3C)ccc21. The predicted molar refractivity (Wildman–Crippen MR) is 103 cm³/mol. The van der Waals surface area contributed by atoms with Crippen molar-refractivity contribution in [3.63, 3.8) is 0 Å². The summed E-state index contributed by atoms with van der Waals surface area (Å²) >= 11 is 0. The molecule has 5 nitrogen and oxygen atoms in total. The van der Waals surface area contributed by atoms with Crippen LogP contribution in [0, 0.1) is 6.92 Å². The van der Waals surface area contributed by atoms with Gasteiger partial charge >= 0.3 is 0 Å². The average molecular weight is 352 g/mol. The molecule has 1 aliphatic rings. The number of methoxy groups -OCH3 is 1. The molecule has 0 aliphatic carbocycles.